The molecule has 1 rings (SSSR count). The molecule has 0 radical (unpaired) electrons. The van der Waals surface area contributed by atoms with E-state index in [9.17, 15) is 0 Å². The van der Waals surface area contributed by atoms with E-state index in [2.05, 4.69) is 0 Å². The summed E-state index contributed by atoms with van der Waals surface area (Å²) in [5.41, 5.74) is 0. The summed E-state index contributed by atoms with van der Waals surface area (Å²) in [6.45, 7) is 23.4. The van der Waals surface area contributed by atoms with E-state index in [0.717, 1.165) is 22.5 Å². The van der Waals surface area contributed by atoms with E-state index in [1.165, 1.54) is 12.8 Å². The van der Waals surface area contributed by atoms with E-state index in [1.807, 2.05) is 134 Å². The van der Waals surface area contributed by atoms with Gasteiger partial charge >= 0.3 is 26.4 Å². The van der Waals surface area contributed by atoms with Crippen LogP contribution in [0, 0.1) is 0 Å². The van der Waals surface area contributed by atoms with Crippen LogP contribution in [-0.2, 0) is 39.8 Å². The SMILES string of the molecule is CCO[Si](CSSSSC1CCCC1(SSSSC[Si](OCC)(OCC)OCC)SSSSC[Si](OCC)(OCC)OCC)(OCC)OCC. The van der Waals surface area contributed by atoms with Crippen LogP contribution in [0.15, 0.2) is 0 Å². The molecule has 0 saturated heterocycles. The smallest absolute Gasteiger partial charge is 0.373 e. The van der Waals surface area contributed by atoms with E-state index in [1.54, 1.807) is 52.0 Å². The number of rotatable bonds is 36. The fourth-order valence-corrected chi connectivity index (χ4v) is 43.4. The second-order valence-corrected chi connectivity index (χ2v) is 37.6. The van der Waals surface area contributed by atoms with Crippen molar-refractivity contribution in [3.05, 3.63) is 0 Å². The summed E-state index contributed by atoms with van der Waals surface area (Å²) in [5.74, 6) is 0. The lowest BCUT2D eigenvalue weighted by molar-refractivity contribution is 0.0765. The summed E-state index contributed by atoms with van der Waals surface area (Å²) >= 11 is 0. The van der Waals surface area contributed by atoms with Crippen LogP contribution in [0.3, 0.4) is 0 Å². The Balaban J connectivity index is 2.89. The maximum Gasteiger partial charge on any atom is 0.512 e. The third-order valence-corrected chi connectivity index (χ3v) is 41.1. The van der Waals surface area contributed by atoms with E-state index in [4.69, 9.17) is 39.8 Å². The predicted molar refractivity (Wildman–Crippen MR) is 248 cm³/mol. The average molecular weight is 984 g/mol. The van der Waals surface area contributed by atoms with Gasteiger partial charge in [0.05, 0.1) is 20.2 Å². The Morgan fingerprint density at radius 2 is 0.740 bits per heavy atom. The maximum atomic E-state index is 6.07. The molecule has 300 valence electrons. The molecule has 0 heterocycles. The van der Waals surface area contributed by atoms with Crippen molar-refractivity contribution in [2.75, 3.05) is 75.6 Å². The minimum Gasteiger partial charge on any atom is -0.373 e. The zero-order valence-electron chi connectivity index (χ0n) is 30.8. The summed E-state index contributed by atoms with van der Waals surface area (Å²) in [6, 6.07) is 0. The molecule has 0 bridgehead atoms. The second kappa shape index (κ2) is 32.4. The molecule has 1 atom stereocenters. The molecule has 0 aliphatic heterocycles. The van der Waals surface area contributed by atoms with Gasteiger partial charge in [0.1, 0.15) is 0 Å². The van der Waals surface area contributed by atoms with Gasteiger partial charge < -0.3 is 39.8 Å². The second-order valence-electron chi connectivity index (χ2n) is 9.60. The largest absolute Gasteiger partial charge is 0.512 e. The third kappa shape index (κ3) is 20.5. The lowest BCUT2D eigenvalue weighted by Crippen LogP contribution is -2.49. The molecule has 1 aliphatic rings. The van der Waals surface area contributed by atoms with E-state index >= 15 is 0 Å². The minimum absolute atomic E-state index is 0.0579. The molecule has 9 nitrogen and oxygen atoms in total. The van der Waals surface area contributed by atoms with Crippen molar-refractivity contribution in [3.8, 4) is 0 Å². The van der Waals surface area contributed by atoms with Crippen LogP contribution in [0.1, 0.15) is 81.6 Å². The van der Waals surface area contributed by atoms with Crippen molar-refractivity contribution >= 4 is 150 Å². The lowest BCUT2D eigenvalue weighted by atomic mass is 10.3. The summed E-state index contributed by atoms with van der Waals surface area (Å²) < 4.78 is 54.7. The van der Waals surface area contributed by atoms with Gasteiger partial charge in [-0.1, -0.05) is 64.8 Å². The van der Waals surface area contributed by atoms with Crippen molar-refractivity contribution in [3.63, 3.8) is 0 Å². The first-order chi connectivity index (χ1) is 24.3. The van der Waals surface area contributed by atoms with Crippen LogP contribution in [-0.4, -0.2) is 111 Å². The molecule has 0 aromatic rings. The van der Waals surface area contributed by atoms with Crippen LogP contribution < -0.4 is 0 Å². The molecule has 50 heavy (non-hydrogen) atoms. The highest BCUT2D eigenvalue weighted by Gasteiger charge is 2.47. The van der Waals surface area contributed by atoms with Gasteiger partial charge in [0, 0.05) is 64.7 Å². The fraction of sp³-hybridized carbons (Fsp3) is 1.00. The van der Waals surface area contributed by atoms with Gasteiger partial charge in [-0.25, -0.2) is 0 Å². The average Bonchev–Trinajstić information content (AvgIpc) is 3.47. The number of hydrogen-bond acceptors (Lipinski definition) is 21. The standard InChI is InChI=1S/C26H58O9S12Si3/c1-10-27-48(28-11-2,29-12-3)22-36-42-45-39-25-20-19-21-26(25,40-46-43-37-23-49(30-13-4,31-14-5)32-15-6)41-47-44-38-24-50(33-16-7,34-17-8)35-18-9/h25H,10-24H2,1-9H3. The van der Waals surface area contributed by atoms with Crippen molar-refractivity contribution in [2.24, 2.45) is 0 Å². The fourth-order valence-electron chi connectivity index (χ4n) is 4.52. The third-order valence-electron chi connectivity index (χ3n) is 6.20. The lowest BCUT2D eigenvalue weighted by Gasteiger charge is -2.32. The molecule has 0 spiro atoms. The first-order valence-electron chi connectivity index (χ1n) is 16.9. The first kappa shape index (κ1) is 52.5. The number of hydrogen-bond donors (Lipinski definition) is 0. The Bertz CT molecular complexity index is 742. The highest BCUT2D eigenvalue weighted by molar-refractivity contribution is 9.29. The quantitative estimate of drug-likeness (QED) is 0.0258. The minimum atomic E-state index is -2.69. The summed E-state index contributed by atoms with van der Waals surface area (Å²) in [7, 11) is 14.4. The molecular weight excluding hydrogens is 925 g/mol. The van der Waals surface area contributed by atoms with Crippen LogP contribution in [0.4, 0.5) is 0 Å². The topological polar surface area (TPSA) is 83.1 Å². The molecule has 1 saturated carbocycles. The molecule has 24 heteroatoms. The Morgan fingerprint density at radius 3 is 1.04 bits per heavy atom. The molecule has 0 N–H and O–H groups in total. The van der Waals surface area contributed by atoms with Crippen molar-refractivity contribution in [1.82, 2.24) is 0 Å². The van der Waals surface area contributed by atoms with E-state index in [-0.39, 0.29) is 4.08 Å². The normalized spacial score (nSPS) is 16.9. The van der Waals surface area contributed by atoms with Gasteiger partial charge in [-0.05, 0) is 141 Å². The Kier molecular flexibility index (Phi) is 34.0. The van der Waals surface area contributed by atoms with Crippen molar-refractivity contribution in [2.45, 2.75) is 90.9 Å². The maximum absolute atomic E-state index is 6.07. The first-order valence-corrected chi connectivity index (χ1v) is 37.7. The van der Waals surface area contributed by atoms with Crippen LogP contribution in [0.5, 0.6) is 0 Å². The van der Waals surface area contributed by atoms with Crippen LogP contribution >= 0.6 is 124 Å². The molecule has 0 aromatic heterocycles. The molecule has 1 aliphatic carbocycles. The van der Waals surface area contributed by atoms with Gasteiger partial charge in [-0.2, -0.15) is 0 Å². The van der Waals surface area contributed by atoms with E-state index in [0.29, 0.717) is 64.7 Å². The molecule has 0 aromatic carbocycles. The highest BCUT2D eigenvalue weighted by atomic mass is 33.7. The zero-order valence-corrected chi connectivity index (χ0v) is 43.6. The highest BCUT2D eigenvalue weighted by Crippen LogP contribution is 2.68. The van der Waals surface area contributed by atoms with Crippen molar-refractivity contribution in [1.29, 1.82) is 0 Å². The van der Waals surface area contributed by atoms with Crippen LogP contribution in [0.2, 0.25) is 0 Å². The molecular formula is C26H58O9S12Si3. The Morgan fingerprint density at radius 1 is 0.440 bits per heavy atom. The van der Waals surface area contributed by atoms with E-state index < -0.39 is 26.4 Å². The van der Waals surface area contributed by atoms with Gasteiger partial charge in [-0.15, -0.1) is 0 Å². The van der Waals surface area contributed by atoms with Gasteiger partial charge in [0.25, 0.3) is 0 Å². The van der Waals surface area contributed by atoms with Crippen molar-refractivity contribution < 1.29 is 39.8 Å². The van der Waals surface area contributed by atoms with Crippen LogP contribution in [0.25, 0.3) is 0 Å². The molecule has 0 amide bonds. The Hall–Kier alpha value is 4.49. The van der Waals surface area contributed by atoms with Gasteiger partial charge in [0.15, 0.2) is 0 Å². The summed E-state index contributed by atoms with van der Waals surface area (Å²) in [6.07, 6.45) is 3.57. The summed E-state index contributed by atoms with van der Waals surface area (Å²) in [5, 5.41) is 2.68. The molecule has 1 fully saturated rings. The Labute approximate surface area is 352 Å². The monoisotopic (exact) mass is 982 g/mol. The zero-order chi connectivity index (χ0) is 37.0. The molecule has 1 unspecified atom stereocenters. The van der Waals surface area contributed by atoms with Gasteiger partial charge in [-0.3, -0.25) is 0 Å². The predicted octanol–water partition coefficient (Wildman–Crippen LogP) is 12.0. The summed E-state index contributed by atoms with van der Waals surface area (Å²) in [4.78, 5) is 0. The van der Waals surface area contributed by atoms with Gasteiger partial charge in [0.2, 0.25) is 0 Å².